The van der Waals surface area contributed by atoms with Crippen LogP contribution in [-0.2, 0) is 17.5 Å². The molecular weight excluding hydrogens is 346 g/mol. The zero-order valence-corrected chi connectivity index (χ0v) is 15.2. The molecule has 1 unspecified atom stereocenters. The summed E-state index contributed by atoms with van der Waals surface area (Å²) in [7, 11) is -1.12. The van der Waals surface area contributed by atoms with E-state index < -0.39 is 11.0 Å². The molecule has 0 saturated heterocycles. The van der Waals surface area contributed by atoms with Gasteiger partial charge in [0.25, 0.3) is 0 Å². The molecule has 0 spiro atoms. The molecule has 0 bridgehead atoms. The minimum absolute atomic E-state index is 0.157. The highest BCUT2D eigenvalue weighted by Gasteiger charge is 2.15. The van der Waals surface area contributed by atoms with Gasteiger partial charge in [-0.15, -0.1) is 0 Å². The maximum atomic E-state index is 11.2. The molecule has 3 aromatic rings. The molecular formula is C20H17N3O2S. The molecule has 2 N–H and O–H groups in total. The van der Waals surface area contributed by atoms with Crippen molar-refractivity contribution in [1.82, 2.24) is 4.57 Å². The Kier molecular flexibility index (Phi) is 4.97. The van der Waals surface area contributed by atoms with Gasteiger partial charge in [-0.1, -0.05) is 5.92 Å². The Morgan fingerprint density at radius 2 is 1.92 bits per heavy atom. The number of anilines is 1. The molecule has 1 heterocycles. The summed E-state index contributed by atoms with van der Waals surface area (Å²) in [6, 6.07) is 14.5. The SMILES string of the molecule is CCn1c(C#Cc2ccc(NS(C)=O)cc2)c(C#N)c2ccc(O)cc21. The van der Waals surface area contributed by atoms with Crippen LogP contribution in [0.5, 0.6) is 5.75 Å². The van der Waals surface area contributed by atoms with Crippen LogP contribution >= 0.6 is 0 Å². The van der Waals surface area contributed by atoms with Crippen LogP contribution < -0.4 is 4.72 Å². The molecule has 0 amide bonds. The van der Waals surface area contributed by atoms with E-state index in [1.54, 1.807) is 24.5 Å². The second kappa shape index (κ2) is 7.35. The Morgan fingerprint density at radius 1 is 1.19 bits per heavy atom. The third-order valence-electron chi connectivity index (χ3n) is 3.95. The van der Waals surface area contributed by atoms with Crippen molar-refractivity contribution >= 4 is 27.6 Å². The second-order valence-electron chi connectivity index (χ2n) is 5.66. The van der Waals surface area contributed by atoms with Gasteiger partial charge in [-0.25, -0.2) is 4.21 Å². The molecule has 0 aliphatic heterocycles. The van der Waals surface area contributed by atoms with Gasteiger partial charge in [0.1, 0.15) is 28.5 Å². The van der Waals surface area contributed by atoms with Crippen LogP contribution in [0.2, 0.25) is 0 Å². The van der Waals surface area contributed by atoms with Crippen LogP contribution in [0.3, 0.4) is 0 Å². The molecule has 3 rings (SSSR count). The van der Waals surface area contributed by atoms with Gasteiger partial charge in [0.2, 0.25) is 0 Å². The average molecular weight is 363 g/mol. The largest absolute Gasteiger partial charge is 0.508 e. The quantitative estimate of drug-likeness (QED) is 0.701. The lowest BCUT2D eigenvalue weighted by molar-refractivity contribution is 0.476. The van der Waals surface area contributed by atoms with Crippen molar-refractivity contribution < 1.29 is 9.32 Å². The standard InChI is InChI=1S/C20H17N3O2S/c1-3-23-19(18(13-21)17-10-9-16(24)12-20(17)23)11-6-14-4-7-15(8-5-14)22-26(2)25/h4-5,7-10,12,22,24H,3H2,1-2H3. The van der Waals surface area contributed by atoms with Crippen molar-refractivity contribution in [2.75, 3.05) is 11.0 Å². The molecule has 5 nitrogen and oxygen atoms in total. The van der Waals surface area contributed by atoms with E-state index >= 15 is 0 Å². The predicted molar refractivity (Wildman–Crippen MR) is 104 cm³/mol. The van der Waals surface area contributed by atoms with Crippen LogP contribution in [-0.4, -0.2) is 20.1 Å². The number of aromatic hydroxyl groups is 1. The van der Waals surface area contributed by atoms with Crippen molar-refractivity contribution in [1.29, 1.82) is 5.26 Å². The zero-order chi connectivity index (χ0) is 18.7. The second-order valence-corrected chi connectivity index (χ2v) is 6.78. The van der Waals surface area contributed by atoms with E-state index in [-0.39, 0.29) is 5.75 Å². The van der Waals surface area contributed by atoms with Gasteiger partial charge in [-0.3, -0.25) is 0 Å². The summed E-state index contributed by atoms with van der Waals surface area (Å²) in [6.07, 6.45) is 1.57. The summed E-state index contributed by atoms with van der Waals surface area (Å²) < 4.78 is 15.9. The molecule has 130 valence electrons. The summed E-state index contributed by atoms with van der Waals surface area (Å²) in [5.74, 6) is 6.33. The molecule has 2 aromatic carbocycles. The van der Waals surface area contributed by atoms with E-state index in [0.29, 0.717) is 17.8 Å². The first kappa shape index (κ1) is 17.6. The Bertz CT molecular complexity index is 1100. The fourth-order valence-corrected chi connectivity index (χ4v) is 3.30. The van der Waals surface area contributed by atoms with Crippen LogP contribution in [0.25, 0.3) is 10.9 Å². The summed E-state index contributed by atoms with van der Waals surface area (Å²) in [5, 5.41) is 20.1. The van der Waals surface area contributed by atoms with E-state index in [2.05, 4.69) is 22.6 Å². The monoisotopic (exact) mass is 363 g/mol. The van der Waals surface area contributed by atoms with Gasteiger partial charge in [-0.05, 0) is 49.2 Å². The minimum atomic E-state index is -1.12. The number of hydrogen-bond donors (Lipinski definition) is 2. The number of aryl methyl sites for hydroxylation is 1. The van der Waals surface area contributed by atoms with Crippen LogP contribution in [0.15, 0.2) is 42.5 Å². The Hall–Kier alpha value is -3.22. The number of hydrogen-bond acceptors (Lipinski definition) is 3. The number of rotatable bonds is 3. The number of nitriles is 1. The Morgan fingerprint density at radius 3 is 2.54 bits per heavy atom. The molecule has 0 radical (unpaired) electrons. The van der Waals surface area contributed by atoms with Crippen molar-refractivity contribution in [2.24, 2.45) is 0 Å². The Labute approximate surface area is 154 Å². The van der Waals surface area contributed by atoms with E-state index in [1.165, 1.54) is 0 Å². The highest BCUT2D eigenvalue weighted by atomic mass is 32.2. The smallest absolute Gasteiger partial charge is 0.117 e. The number of aromatic nitrogens is 1. The predicted octanol–water partition coefficient (Wildman–Crippen LogP) is 3.34. The average Bonchev–Trinajstić information content (AvgIpc) is 2.92. The molecule has 1 aromatic heterocycles. The number of benzene rings is 2. The first-order valence-corrected chi connectivity index (χ1v) is 9.56. The van der Waals surface area contributed by atoms with Gasteiger partial charge in [0.15, 0.2) is 0 Å². The van der Waals surface area contributed by atoms with Crippen molar-refractivity contribution in [3.63, 3.8) is 0 Å². The fraction of sp³-hybridized carbons (Fsp3) is 0.150. The number of phenolic OH excluding ortho intramolecular Hbond substituents is 1. The van der Waals surface area contributed by atoms with Crippen LogP contribution in [0, 0.1) is 23.2 Å². The summed E-state index contributed by atoms with van der Waals surface area (Å²) in [5.41, 5.74) is 3.48. The molecule has 0 aliphatic carbocycles. The van der Waals surface area contributed by atoms with Gasteiger partial charge >= 0.3 is 0 Å². The zero-order valence-electron chi connectivity index (χ0n) is 14.4. The highest BCUT2D eigenvalue weighted by Crippen LogP contribution is 2.28. The van der Waals surface area contributed by atoms with Crippen molar-refractivity contribution in [3.05, 3.63) is 59.3 Å². The van der Waals surface area contributed by atoms with Crippen molar-refractivity contribution in [2.45, 2.75) is 13.5 Å². The third-order valence-corrected chi connectivity index (χ3v) is 4.47. The fourth-order valence-electron chi connectivity index (χ4n) is 2.83. The lowest BCUT2D eigenvalue weighted by Gasteiger charge is -2.03. The lowest BCUT2D eigenvalue weighted by atomic mass is 10.1. The van der Waals surface area contributed by atoms with Gasteiger partial charge in [0.05, 0.1) is 11.1 Å². The lowest BCUT2D eigenvalue weighted by Crippen LogP contribution is -2.00. The number of phenols is 1. The number of nitrogens with zero attached hydrogens (tertiary/aromatic N) is 2. The van der Waals surface area contributed by atoms with Gasteiger partial charge in [0, 0.05) is 35.5 Å². The van der Waals surface area contributed by atoms with E-state index in [1.807, 2.05) is 35.8 Å². The number of fused-ring (bicyclic) bond motifs is 1. The van der Waals surface area contributed by atoms with Gasteiger partial charge < -0.3 is 14.4 Å². The molecule has 0 fully saturated rings. The summed E-state index contributed by atoms with van der Waals surface area (Å²) in [4.78, 5) is 0. The maximum absolute atomic E-state index is 11.2. The third kappa shape index (κ3) is 3.42. The highest BCUT2D eigenvalue weighted by molar-refractivity contribution is 7.85. The first-order chi connectivity index (χ1) is 12.5. The molecule has 0 aliphatic rings. The Balaban J connectivity index is 2.06. The number of nitrogens with one attached hydrogen (secondary N) is 1. The minimum Gasteiger partial charge on any atom is -0.508 e. The summed E-state index contributed by atoms with van der Waals surface area (Å²) in [6.45, 7) is 2.61. The van der Waals surface area contributed by atoms with Crippen LogP contribution in [0.4, 0.5) is 5.69 Å². The molecule has 6 heteroatoms. The van der Waals surface area contributed by atoms with E-state index in [9.17, 15) is 14.6 Å². The molecule has 1 atom stereocenters. The topological polar surface area (TPSA) is 78.0 Å². The molecule has 0 saturated carbocycles. The first-order valence-electron chi connectivity index (χ1n) is 8.01. The van der Waals surface area contributed by atoms with E-state index in [4.69, 9.17) is 0 Å². The molecule has 26 heavy (non-hydrogen) atoms. The maximum Gasteiger partial charge on any atom is 0.117 e. The normalized spacial score (nSPS) is 11.4. The summed E-state index contributed by atoms with van der Waals surface area (Å²) >= 11 is 0. The van der Waals surface area contributed by atoms with E-state index in [0.717, 1.165) is 22.2 Å². The van der Waals surface area contributed by atoms with Gasteiger partial charge in [-0.2, -0.15) is 5.26 Å². The van der Waals surface area contributed by atoms with Crippen LogP contribution in [0.1, 0.15) is 23.7 Å². The van der Waals surface area contributed by atoms with Crippen molar-refractivity contribution in [3.8, 4) is 23.7 Å².